The highest BCUT2D eigenvalue weighted by molar-refractivity contribution is 7.98. The Hall–Kier alpha value is -2.35. The first-order valence-corrected chi connectivity index (χ1v) is 9.14. The van der Waals surface area contributed by atoms with Gasteiger partial charge in [-0.15, -0.1) is 11.8 Å². The van der Waals surface area contributed by atoms with E-state index in [-0.39, 0.29) is 18.7 Å². The van der Waals surface area contributed by atoms with Gasteiger partial charge in [-0.05, 0) is 37.3 Å². The van der Waals surface area contributed by atoms with E-state index >= 15 is 0 Å². The topological polar surface area (TPSA) is 105 Å². The van der Waals surface area contributed by atoms with E-state index in [2.05, 4.69) is 15.5 Å². The maximum atomic E-state index is 12.2. The normalized spacial score (nSPS) is 11.9. The summed E-state index contributed by atoms with van der Waals surface area (Å²) in [5, 5.41) is 15.6. The summed E-state index contributed by atoms with van der Waals surface area (Å²) < 4.78 is 5.00. The first kappa shape index (κ1) is 19.0. The van der Waals surface area contributed by atoms with Crippen LogP contribution in [0.15, 0.2) is 33.7 Å². The molecular formula is C17H21N3O4S. The molecule has 2 rings (SSSR count). The minimum Gasteiger partial charge on any atom is -0.481 e. The van der Waals surface area contributed by atoms with Crippen molar-refractivity contribution in [2.24, 2.45) is 0 Å². The van der Waals surface area contributed by atoms with E-state index in [9.17, 15) is 9.59 Å². The second-order valence-electron chi connectivity index (χ2n) is 5.58. The van der Waals surface area contributed by atoms with Crippen LogP contribution < -0.4 is 5.32 Å². The van der Waals surface area contributed by atoms with Gasteiger partial charge in [0.05, 0.1) is 12.5 Å². The fourth-order valence-electron chi connectivity index (χ4n) is 2.37. The molecule has 134 valence electrons. The van der Waals surface area contributed by atoms with Crippen molar-refractivity contribution in [3.8, 4) is 0 Å². The standard InChI is InChI=1S/C17H21N3O4S/c1-11-18-16(24-20-11)5-3-4-15(21)19-14(10-17(22)23)12-6-8-13(25-2)9-7-12/h6-9,14H,3-5,10H2,1-2H3,(H,19,21)(H,22,23). The van der Waals surface area contributed by atoms with Gasteiger partial charge < -0.3 is 14.9 Å². The van der Waals surface area contributed by atoms with Crippen LogP contribution in [0.25, 0.3) is 0 Å². The van der Waals surface area contributed by atoms with E-state index in [1.54, 1.807) is 18.7 Å². The highest BCUT2D eigenvalue weighted by atomic mass is 32.2. The lowest BCUT2D eigenvalue weighted by molar-refractivity contribution is -0.137. The number of hydrogen-bond acceptors (Lipinski definition) is 6. The number of benzene rings is 1. The lowest BCUT2D eigenvalue weighted by Gasteiger charge is -2.17. The van der Waals surface area contributed by atoms with E-state index in [0.717, 1.165) is 10.5 Å². The molecular weight excluding hydrogens is 342 g/mol. The Morgan fingerprint density at radius 2 is 2.04 bits per heavy atom. The fourth-order valence-corrected chi connectivity index (χ4v) is 2.78. The van der Waals surface area contributed by atoms with Crippen LogP contribution in [0.5, 0.6) is 0 Å². The second kappa shape index (κ2) is 9.22. The fraction of sp³-hybridized carbons (Fsp3) is 0.412. The van der Waals surface area contributed by atoms with Crippen molar-refractivity contribution in [1.82, 2.24) is 15.5 Å². The number of nitrogens with one attached hydrogen (secondary N) is 1. The molecule has 0 bridgehead atoms. The predicted molar refractivity (Wildman–Crippen MR) is 93.3 cm³/mol. The summed E-state index contributed by atoms with van der Waals surface area (Å²) in [7, 11) is 0. The van der Waals surface area contributed by atoms with Gasteiger partial charge in [-0.1, -0.05) is 17.3 Å². The summed E-state index contributed by atoms with van der Waals surface area (Å²) in [6.45, 7) is 1.73. The molecule has 0 radical (unpaired) electrons. The molecule has 1 atom stereocenters. The monoisotopic (exact) mass is 363 g/mol. The third kappa shape index (κ3) is 6.22. The number of thioether (sulfide) groups is 1. The Bertz CT molecular complexity index is 715. The minimum atomic E-state index is -0.958. The highest BCUT2D eigenvalue weighted by Crippen LogP contribution is 2.21. The number of aliphatic carboxylic acids is 1. The number of carboxylic acids is 1. The van der Waals surface area contributed by atoms with Gasteiger partial charge in [0.1, 0.15) is 0 Å². The van der Waals surface area contributed by atoms with Gasteiger partial charge >= 0.3 is 5.97 Å². The minimum absolute atomic E-state index is 0.160. The molecule has 7 nitrogen and oxygen atoms in total. The molecule has 1 unspecified atom stereocenters. The number of aromatic nitrogens is 2. The van der Waals surface area contributed by atoms with Crippen LogP contribution in [-0.4, -0.2) is 33.4 Å². The maximum absolute atomic E-state index is 12.2. The first-order chi connectivity index (χ1) is 12.0. The van der Waals surface area contributed by atoms with Gasteiger partial charge in [-0.2, -0.15) is 4.98 Å². The molecule has 0 aliphatic carbocycles. The van der Waals surface area contributed by atoms with Crippen molar-refractivity contribution in [1.29, 1.82) is 0 Å². The number of hydrogen-bond donors (Lipinski definition) is 2. The third-order valence-electron chi connectivity index (χ3n) is 3.60. The number of carboxylic acid groups (broad SMARTS) is 1. The van der Waals surface area contributed by atoms with E-state index in [4.69, 9.17) is 9.63 Å². The van der Waals surface area contributed by atoms with Crippen LogP contribution >= 0.6 is 11.8 Å². The lowest BCUT2D eigenvalue weighted by atomic mass is 10.0. The van der Waals surface area contributed by atoms with E-state index in [1.807, 2.05) is 30.5 Å². The average molecular weight is 363 g/mol. The molecule has 25 heavy (non-hydrogen) atoms. The summed E-state index contributed by atoms with van der Waals surface area (Å²) in [4.78, 5) is 28.4. The molecule has 0 saturated carbocycles. The van der Waals surface area contributed by atoms with E-state index in [1.165, 1.54) is 0 Å². The number of nitrogens with zero attached hydrogens (tertiary/aromatic N) is 2. The highest BCUT2D eigenvalue weighted by Gasteiger charge is 2.18. The van der Waals surface area contributed by atoms with E-state index in [0.29, 0.717) is 24.6 Å². The average Bonchev–Trinajstić information content (AvgIpc) is 2.99. The quantitative estimate of drug-likeness (QED) is 0.660. The number of amides is 1. The number of carbonyl (C=O) groups is 2. The molecule has 0 aliphatic heterocycles. The van der Waals surface area contributed by atoms with Crippen LogP contribution in [0.2, 0.25) is 0 Å². The van der Waals surface area contributed by atoms with Crippen molar-refractivity contribution in [2.45, 2.75) is 43.5 Å². The number of carbonyl (C=O) groups excluding carboxylic acids is 1. The zero-order chi connectivity index (χ0) is 18.2. The van der Waals surface area contributed by atoms with Gasteiger partial charge in [0.15, 0.2) is 5.82 Å². The largest absolute Gasteiger partial charge is 0.481 e. The Morgan fingerprint density at radius 1 is 1.32 bits per heavy atom. The molecule has 0 aliphatic rings. The van der Waals surface area contributed by atoms with Gasteiger partial charge in [-0.25, -0.2) is 0 Å². The van der Waals surface area contributed by atoms with Crippen LogP contribution in [-0.2, 0) is 16.0 Å². The van der Waals surface area contributed by atoms with Crippen molar-refractivity contribution in [2.75, 3.05) is 6.26 Å². The summed E-state index contributed by atoms with van der Waals surface area (Å²) in [6, 6.07) is 6.98. The summed E-state index contributed by atoms with van der Waals surface area (Å²) >= 11 is 1.60. The Kier molecular flexibility index (Phi) is 7.00. The van der Waals surface area contributed by atoms with Crippen LogP contribution in [0.1, 0.15) is 42.6 Å². The molecule has 1 heterocycles. The van der Waals surface area contributed by atoms with Crippen molar-refractivity contribution >= 4 is 23.6 Å². The summed E-state index contributed by atoms with van der Waals surface area (Å²) in [6.07, 6.45) is 3.14. The Morgan fingerprint density at radius 3 is 2.60 bits per heavy atom. The summed E-state index contributed by atoms with van der Waals surface area (Å²) in [5.74, 6) is -0.0910. The third-order valence-corrected chi connectivity index (χ3v) is 4.34. The van der Waals surface area contributed by atoms with Gasteiger partial charge in [-0.3, -0.25) is 9.59 Å². The van der Waals surface area contributed by atoms with Crippen molar-refractivity contribution in [3.05, 3.63) is 41.5 Å². The molecule has 1 aromatic heterocycles. The SMILES string of the molecule is CSc1ccc(C(CC(=O)O)NC(=O)CCCc2nc(C)no2)cc1. The molecule has 1 aromatic carbocycles. The van der Waals surface area contributed by atoms with Crippen molar-refractivity contribution < 1.29 is 19.2 Å². The zero-order valence-electron chi connectivity index (χ0n) is 14.2. The number of aryl methyl sites for hydroxylation is 2. The van der Waals surface area contributed by atoms with Crippen LogP contribution in [0.3, 0.4) is 0 Å². The Balaban J connectivity index is 1.90. The van der Waals surface area contributed by atoms with Crippen LogP contribution in [0, 0.1) is 6.92 Å². The molecule has 2 N–H and O–H groups in total. The maximum Gasteiger partial charge on any atom is 0.305 e. The van der Waals surface area contributed by atoms with E-state index < -0.39 is 12.0 Å². The molecule has 8 heteroatoms. The molecule has 1 amide bonds. The molecule has 2 aromatic rings. The first-order valence-electron chi connectivity index (χ1n) is 7.92. The molecule has 0 spiro atoms. The summed E-state index contributed by atoms with van der Waals surface area (Å²) in [5.41, 5.74) is 0.779. The van der Waals surface area contributed by atoms with Gasteiger partial charge in [0.25, 0.3) is 0 Å². The Labute approximate surface area is 150 Å². The van der Waals surface area contributed by atoms with Crippen molar-refractivity contribution in [3.63, 3.8) is 0 Å². The predicted octanol–water partition coefficient (Wildman–Crippen LogP) is 2.75. The number of rotatable bonds is 9. The van der Waals surface area contributed by atoms with Crippen LogP contribution in [0.4, 0.5) is 0 Å². The zero-order valence-corrected chi connectivity index (χ0v) is 15.0. The lowest BCUT2D eigenvalue weighted by Crippen LogP contribution is -2.30. The molecule has 0 saturated heterocycles. The van der Waals surface area contributed by atoms with Gasteiger partial charge in [0, 0.05) is 17.7 Å². The molecule has 0 fully saturated rings. The second-order valence-corrected chi connectivity index (χ2v) is 6.46. The van der Waals surface area contributed by atoms with Gasteiger partial charge in [0.2, 0.25) is 11.8 Å². The smallest absolute Gasteiger partial charge is 0.305 e.